The van der Waals surface area contributed by atoms with Crippen LogP contribution < -0.4 is 4.74 Å². The van der Waals surface area contributed by atoms with Gasteiger partial charge >= 0.3 is 0 Å². The summed E-state index contributed by atoms with van der Waals surface area (Å²) in [6, 6.07) is 5.53. The summed E-state index contributed by atoms with van der Waals surface area (Å²) in [5.74, 6) is 0.297. The Bertz CT molecular complexity index is 398. The normalized spacial score (nSPS) is 11.9. The average Bonchev–Trinajstić information content (AvgIpc) is 2.19. The fourth-order valence-electron chi connectivity index (χ4n) is 1.44. The van der Waals surface area contributed by atoms with E-state index in [1.54, 1.807) is 12.1 Å². The number of rotatable bonds is 3. The molecule has 1 aromatic carbocycles. The van der Waals surface area contributed by atoms with Crippen LogP contribution in [0.25, 0.3) is 0 Å². The van der Waals surface area contributed by atoms with Crippen LogP contribution in [-0.2, 0) is 0 Å². The van der Waals surface area contributed by atoms with Gasteiger partial charge in [-0.3, -0.25) is 0 Å². The van der Waals surface area contributed by atoms with E-state index in [-0.39, 0.29) is 5.92 Å². The SMILES string of the molecule is CCC(C#N)c1cc(Cl)cc(Cl)c1OC. The minimum Gasteiger partial charge on any atom is -0.495 e. The number of methoxy groups -OCH3 is 1. The zero-order valence-corrected chi connectivity index (χ0v) is 10.1. The van der Waals surface area contributed by atoms with Gasteiger partial charge in [0.2, 0.25) is 0 Å². The average molecular weight is 244 g/mol. The third-order valence-electron chi connectivity index (χ3n) is 2.18. The van der Waals surface area contributed by atoms with E-state index in [1.807, 2.05) is 6.92 Å². The Labute approximate surface area is 99.4 Å². The molecule has 0 fully saturated rings. The van der Waals surface area contributed by atoms with Crippen molar-refractivity contribution in [3.63, 3.8) is 0 Å². The van der Waals surface area contributed by atoms with Gasteiger partial charge < -0.3 is 4.74 Å². The molecule has 0 heterocycles. The van der Waals surface area contributed by atoms with Crippen molar-refractivity contribution in [3.05, 3.63) is 27.7 Å². The maximum Gasteiger partial charge on any atom is 0.142 e. The van der Waals surface area contributed by atoms with Gasteiger partial charge in [0, 0.05) is 10.6 Å². The maximum absolute atomic E-state index is 8.99. The molecule has 1 rings (SSSR count). The number of benzene rings is 1. The van der Waals surface area contributed by atoms with E-state index in [0.29, 0.717) is 22.2 Å². The minimum atomic E-state index is -0.240. The lowest BCUT2D eigenvalue weighted by Gasteiger charge is -2.13. The summed E-state index contributed by atoms with van der Waals surface area (Å²) in [6.45, 7) is 1.93. The first kappa shape index (κ1) is 12.2. The van der Waals surface area contributed by atoms with Crippen molar-refractivity contribution in [3.8, 4) is 11.8 Å². The largest absolute Gasteiger partial charge is 0.495 e. The second-order valence-electron chi connectivity index (χ2n) is 3.10. The first-order valence-corrected chi connectivity index (χ1v) is 5.32. The van der Waals surface area contributed by atoms with Crippen molar-refractivity contribution < 1.29 is 4.74 Å². The Morgan fingerprint density at radius 2 is 2.13 bits per heavy atom. The lowest BCUT2D eigenvalue weighted by molar-refractivity contribution is 0.408. The molecule has 1 atom stereocenters. The smallest absolute Gasteiger partial charge is 0.142 e. The number of halogens is 2. The van der Waals surface area contributed by atoms with E-state index in [0.717, 1.165) is 5.56 Å². The van der Waals surface area contributed by atoms with E-state index in [9.17, 15) is 0 Å². The number of hydrogen-bond acceptors (Lipinski definition) is 2. The Hall–Kier alpha value is -0.910. The van der Waals surface area contributed by atoms with Gasteiger partial charge in [0.05, 0.1) is 24.1 Å². The van der Waals surface area contributed by atoms with Crippen LogP contribution in [0.2, 0.25) is 10.0 Å². The molecule has 0 aliphatic carbocycles. The first-order chi connectivity index (χ1) is 7.13. The van der Waals surface area contributed by atoms with Crippen molar-refractivity contribution in [1.82, 2.24) is 0 Å². The molecule has 0 amide bonds. The van der Waals surface area contributed by atoms with Gasteiger partial charge in [-0.25, -0.2) is 0 Å². The second kappa shape index (κ2) is 5.25. The Kier molecular flexibility index (Phi) is 4.26. The van der Waals surface area contributed by atoms with Crippen molar-refractivity contribution in [2.24, 2.45) is 0 Å². The monoisotopic (exact) mass is 243 g/mol. The highest BCUT2D eigenvalue weighted by atomic mass is 35.5. The van der Waals surface area contributed by atoms with Gasteiger partial charge in [-0.1, -0.05) is 30.1 Å². The number of nitriles is 1. The van der Waals surface area contributed by atoms with Crippen LogP contribution in [0.15, 0.2) is 12.1 Å². The molecule has 2 nitrogen and oxygen atoms in total. The summed E-state index contributed by atoms with van der Waals surface area (Å²) in [5.41, 5.74) is 0.750. The molecule has 0 saturated heterocycles. The van der Waals surface area contributed by atoms with E-state index in [2.05, 4.69) is 6.07 Å². The van der Waals surface area contributed by atoms with E-state index in [1.165, 1.54) is 7.11 Å². The van der Waals surface area contributed by atoms with Gasteiger partial charge in [0.15, 0.2) is 0 Å². The Morgan fingerprint density at radius 1 is 1.47 bits per heavy atom. The van der Waals surface area contributed by atoms with Crippen LogP contribution in [0.5, 0.6) is 5.75 Å². The number of nitrogens with zero attached hydrogens (tertiary/aromatic N) is 1. The summed E-state index contributed by atoms with van der Waals surface area (Å²) in [4.78, 5) is 0. The molecule has 4 heteroatoms. The second-order valence-corrected chi connectivity index (χ2v) is 3.94. The molecule has 0 aliphatic rings. The Balaban J connectivity index is 3.32. The summed E-state index contributed by atoms with van der Waals surface area (Å²) in [6.07, 6.45) is 0.698. The van der Waals surface area contributed by atoms with Crippen LogP contribution >= 0.6 is 23.2 Å². The highest BCUT2D eigenvalue weighted by Gasteiger charge is 2.17. The fraction of sp³-hybridized carbons (Fsp3) is 0.364. The molecule has 0 saturated carbocycles. The predicted octanol–water partition coefficient (Wildman–Crippen LogP) is 4.02. The van der Waals surface area contributed by atoms with E-state index >= 15 is 0 Å². The lowest BCUT2D eigenvalue weighted by atomic mass is 9.97. The molecule has 1 unspecified atom stereocenters. The molecule has 0 N–H and O–H groups in total. The van der Waals surface area contributed by atoms with Crippen molar-refractivity contribution in [2.45, 2.75) is 19.3 Å². The van der Waals surface area contributed by atoms with Crippen LogP contribution in [0.4, 0.5) is 0 Å². The van der Waals surface area contributed by atoms with E-state index < -0.39 is 0 Å². The highest BCUT2D eigenvalue weighted by molar-refractivity contribution is 6.35. The van der Waals surface area contributed by atoms with Crippen molar-refractivity contribution >= 4 is 23.2 Å². The van der Waals surface area contributed by atoms with Crippen LogP contribution in [0.3, 0.4) is 0 Å². The minimum absolute atomic E-state index is 0.240. The topological polar surface area (TPSA) is 33.0 Å². The van der Waals surface area contributed by atoms with Crippen LogP contribution in [-0.4, -0.2) is 7.11 Å². The summed E-state index contributed by atoms with van der Waals surface area (Å²) in [7, 11) is 1.53. The lowest BCUT2D eigenvalue weighted by Crippen LogP contribution is -1.99. The van der Waals surface area contributed by atoms with Crippen molar-refractivity contribution in [1.29, 1.82) is 5.26 Å². The molecule has 0 aliphatic heterocycles. The third-order valence-corrected chi connectivity index (χ3v) is 2.68. The molecular weight excluding hydrogens is 233 g/mol. The van der Waals surface area contributed by atoms with Crippen LogP contribution in [0.1, 0.15) is 24.8 Å². The molecule has 80 valence electrons. The van der Waals surface area contributed by atoms with Gasteiger partial charge in [-0.05, 0) is 18.6 Å². The van der Waals surface area contributed by atoms with E-state index in [4.69, 9.17) is 33.2 Å². The summed E-state index contributed by atoms with van der Waals surface area (Å²) < 4.78 is 5.17. The fourth-order valence-corrected chi connectivity index (χ4v) is 2.02. The number of ether oxygens (including phenoxy) is 1. The summed E-state index contributed by atoms with van der Waals surface area (Å²) in [5, 5.41) is 9.95. The molecule has 0 bridgehead atoms. The summed E-state index contributed by atoms with van der Waals surface area (Å²) >= 11 is 11.9. The molecule has 0 spiro atoms. The molecule has 15 heavy (non-hydrogen) atoms. The number of hydrogen-bond donors (Lipinski definition) is 0. The first-order valence-electron chi connectivity index (χ1n) is 4.56. The molecular formula is C11H11Cl2NO. The maximum atomic E-state index is 8.99. The van der Waals surface area contributed by atoms with Gasteiger partial charge in [0.25, 0.3) is 0 Å². The Morgan fingerprint density at radius 3 is 2.60 bits per heavy atom. The highest BCUT2D eigenvalue weighted by Crippen LogP contribution is 2.37. The molecule has 0 radical (unpaired) electrons. The quantitative estimate of drug-likeness (QED) is 0.804. The van der Waals surface area contributed by atoms with Crippen molar-refractivity contribution in [2.75, 3.05) is 7.11 Å². The van der Waals surface area contributed by atoms with Gasteiger partial charge in [-0.2, -0.15) is 5.26 Å². The zero-order chi connectivity index (χ0) is 11.4. The standard InChI is InChI=1S/C11H11Cl2NO/c1-3-7(6-14)9-4-8(12)5-10(13)11(9)15-2/h4-5,7H,3H2,1-2H3. The van der Waals surface area contributed by atoms with Crippen LogP contribution in [0, 0.1) is 11.3 Å². The molecule has 1 aromatic rings. The molecule has 0 aromatic heterocycles. The predicted molar refractivity (Wildman–Crippen MR) is 61.7 cm³/mol. The zero-order valence-electron chi connectivity index (χ0n) is 8.55. The van der Waals surface area contributed by atoms with Gasteiger partial charge in [-0.15, -0.1) is 0 Å². The third kappa shape index (κ3) is 2.56. The van der Waals surface area contributed by atoms with Gasteiger partial charge in [0.1, 0.15) is 5.75 Å².